The molecule has 0 saturated carbocycles. The Hall–Kier alpha value is -1.62. The number of amides is 1. The van der Waals surface area contributed by atoms with Gasteiger partial charge in [0.1, 0.15) is 11.6 Å². The summed E-state index contributed by atoms with van der Waals surface area (Å²) in [5.41, 5.74) is 0.618. The molecule has 20 heavy (non-hydrogen) atoms. The average Bonchev–Trinajstić information content (AvgIpc) is 2.34. The van der Waals surface area contributed by atoms with E-state index < -0.39 is 0 Å². The van der Waals surface area contributed by atoms with Crippen LogP contribution >= 0.6 is 0 Å². The summed E-state index contributed by atoms with van der Waals surface area (Å²) >= 11 is 0. The molecule has 0 unspecified atom stereocenters. The van der Waals surface area contributed by atoms with Crippen LogP contribution in [0.25, 0.3) is 0 Å². The first-order valence-electron chi connectivity index (χ1n) is 6.75. The molecule has 0 aliphatic heterocycles. The third-order valence-corrected chi connectivity index (χ3v) is 2.56. The van der Waals surface area contributed by atoms with Crippen molar-refractivity contribution in [3.63, 3.8) is 0 Å². The lowest BCUT2D eigenvalue weighted by molar-refractivity contribution is -0.122. The highest BCUT2D eigenvalue weighted by Crippen LogP contribution is 2.20. The Kier molecular flexibility index (Phi) is 5.95. The molecule has 0 radical (unpaired) electrons. The number of ether oxygens (including phenoxy) is 1. The molecule has 0 atom stereocenters. The van der Waals surface area contributed by atoms with Crippen molar-refractivity contribution in [2.75, 3.05) is 13.2 Å². The molecule has 2 N–H and O–H groups in total. The van der Waals surface area contributed by atoms with E-state index in [1.54, 1.807) is 6.07 Å². The quantitative estimate of drug-likeness (QED) is 0.841. The summed E-state index contributed by atoms with van der Waals surface area (Å²) < 4.78 is 18.8. The Morgan fingerprint density at radius 3 is 2.65 bits per heavy atom. The van der Waals surface area contributed by atoms with Crippen molar-refractivity contribution in [3.8, 4) is 5.75 Å². The number of benzene rings is 1. The maximum Gasteiger partial charge on any atom is 0.257 e. The molecule has 0 aromatic heterocycles. The Balaban J connectivity index is 2.72. The maximum absolute atomic E-state index is 13.3. The molecule has 0 aliphatic carbocycles. The lowest BCUT2D eigenvalue weighted by Crippen LogP contribution is -2.35. The van der Waals surface area contributed by atoms with Crippen LogP contribution in [-0.4, -0.2) is 24.6 Å². The second-order valence-corrected chi connectivity index (χ2v) is 5.60. The third-order valence-electron chi connectivity index (χ3n) is 2.56. The van der Waals surface area contributed by atoms with Crippen LogP contribution in [-0.2, 0) is 11.3 Å². The van der Waals surface area contributed by atoms with Crippen molar-refractivity contribution in [3.05, 3.63) is 29.6 Å². The molecule has 0 heterocycles. The van der Waals surface area contributed by atoms with Gasteiger partial charge in [0, 0.05) is 24.2 Å². The molecule has 0 aliphatic rings. The van der Waals surface area contributed by atoms with Crippen molar-refractivity contribution in [2.24, 2.45) is 0 Å². The van der Waals surface area contributed by atoms with Crippen LogP contribution in [0.2, 0.25) is 0 Å². The summed E-state index contributed by atoms with van der Waals surface area (Å²) in [6, 6.07) is 4.30. The van der Waals surface area contributed by atoms with Crippen molar-refractivity contribution < 1.29 is 13.9 Å². The van der Waals surface area contributed by atoms with Gasteiger partial charge in [-0.2, -0.15) is 0 Å². The van der Waals surface area contributed by atoms with Gasteiger partial charge in [-0.15, -0.1) is 0 Å². The smallest absolute Gasteiger partial charge is 0.257 e. The van der Waals surface area contributed by atoms with E-state index in [-0.39, 0.29) is 23.9 Å². The number of hydrogen-bond acceptors (Lipinski definition) is 3. The normalized spacial score (nSPS) is 11.2. The molecular formula is C15H23FN2O2. The van der Waals surface area contributed by atoms with Crippen molar-refractivity contribution in [1.82, 2.24) is 10.6 Å². The van der Waals surface area contributed by atoms with E-state index in [0.717, 1.165) is 0 Å². The third kappa shape index (κ3) is 6.02. The van der Waals surface area contributed by atoms with Crippen molar-refractivity contribution >= 4 is 5.91 Å². The van der Waals surface area contributed by atoms with Crippen LogP contribution in [0.15, 0.2) is 18.2 Å². The molecule has 112 valence electrons. The Morgan fingerprint density at radius 1 is 1.35 bits per heavy atom. The van der Waals surface area contributed by atoms with Crippen LogP contribution in [0.4, 0.5) is 4.39 Å². The number of hydrogen-bond donors (Lipinski definition) is 2. The standard InChI is InChI=1S/C15H23FN2O2/c1-5-17-14(19)10-20-13-7-6-12(16)8-11(13)9-18-15(2,3)4/h6-8,18H,5,9-10H2,1-4H3,(H,17,19). The predicted molar refractivity (Wildman–Crippen MR) is 77.2 cm³/mol. The number of likely N-dealkylation sites (N-methyl/N-ethyl adjacent to an activating group) is 1. The molecule has 4 nitrogen and oxygen atoms in total. The molecule has 0 bridgehead atoms. The van der Waals surface area contributed by atoms with Gasteiger partial charge < -0.3 is 15.4 Å². The number of halogens is 1. The second-order valence-electron chi connectivity index (χ2n) is 5.60. The van der Waals surface area contributed by atoms with E-state index in [9.17, 15) is 9.18 Å². The largest absolute Gasteiger partial charge is 0.483 e. The summed E-state index contributed by atoms with van der Waals surface area (Å²) in [6.45, 7) is 8.90. The molecule has 1 aromatic rings. The predicted octanol–water partition coefficient (Wildman–Crippen LogP) is 2.23. The number of nitrogens with one attached hydrogen (secondary N) is 2. The zero-order chi connectivity index (χ0) is 15.2. The zero-order valence-corrected chi connectivity index (χ0v) is 12.5. The average molecular weight is 282 g/mol. The molecule has 0 fully saturated rings. The molecular weight excluding hydrogens is 259 g/mol. The first-order chi connectivity index (χ1) is 9.31. The summed E-state index contributed by atoms with van der Waals surface area (Å²) in [7, 11) is 0. The van der Waals surface area contributed by atoms with Gasteiger partial charge in [0.05, 0.1) is 0 Å². The molecule has 1 aromatic carbocycles. The Morgan fingerprint density at radius 2 is 2.05 bits per heavy atom. The second kappa shape index (κ2) is 7.24. The van der Waals surface area contributed by atoms with Crippen LogP contribution in [0.1, 0.15) is 33.3 Å². The lowest BCUT2D eigenvalue weighted by atomic mass is 10.1. The molecule has 0 spiro atoms. The summed E-state index contributed by atoms with van der Waals surface area (Å²) in [6.07, 6.45) is 0. The first kappa shape index (κ1) is 16.4. The highest BCUT2D eigenvalue weighted by Gasteiger charge is 2.12. The fourth-order valence-corrected chi connectivity index (χ4v) is 1.58. The fourth-order valence-electron chi connectivity index (χ4n) is 1.58. The monoisotopic (exact) mass is 282 g/mol. The lowest BCUT2D eigenvalue weighted by Gasteiger charge is -2.21. The minimum atomic E-state index is -0.318. The molecule has 0 saturated heterocycles. The van der Waals surface area contributed by atoms with E-state index >= 15 is 0 Å². The molecule has 5 heteroatoms. The number of rotatable bonds is 6. The van der Waals surface area contributed by atoms with Crippen LogP contribution in [0.3, 0.4) is 0 Å². The number of carbonyl (C=O) groups is 1. The van der Waals surface area contributed by atoms with E-state index in [0.29, 0.717) is 24.4 Å². The van der Waals surface area contributed by atoms with Gasteiger partial charge in [-0.05, 0) is 45.9 Å². The minimum Gasteiger partial charge on any atom is -0.483 e. The van der Waals surface area contributed by atoms with Crippen LogP contribution in [0.5, 0.6) is 5.75 Å². The van der Waals surface area contributed by atoms with Crippen molar-refractivity contribution in [1.29, 1.82) is 0 Å². The zero-order valence-electron chi connectivity index (χ0n) is 12.5. The summed E-state index contributed by atoms with van der Waals surface area (Å²) in [5.74, 6) is 0.0158. The molecule has 1 rings (SSSR count). The Bertz CT molecular complexity index is 456. The van der Waals surface area contributed by atoms with Gasteiger partial charge in [-0.25, -0.2) is 4.39 Å². The van der Waals surface area contributed by atoms with E-state index in [1.807, 2.05) is 27.7 Å². The molecule has 1 amide bonds. The highest BCUT2D eigenvalue weighted by atomic mass is 19.1. The number of carbonyl (C=O) groups excluding carboxylic acids is 1. The van der Waals surface area contributed by atoms with Gasteiger partial charge in [-0.1, -0.05) is 0 Å². The minimum absolute atomic E-state index is 0.0675. The van der Waals surface area contributed by atoms with E-state index in [2.05, 4.69) is 10.6 Å². The summed E-state index contributed by atoms with van der Waals surface area (Å²) in [4.78, 5) is 11.4. The van der Waals surface area contributed by atoms with Gasteiger partial charge in [-0.3, -0.25) is 4.79 Å². The van der Waals surface area contributed by atoms with Gasteiger partial charge in [0.15, 0.2) is 6.61 Å². The first-order valence-corrected chi connectivity index (χ1v) is 6.75. The van der Waals surface area contributed by atoms with Gasteiger partial charge in [0.2, 0.25) is 0 Å². The topological polar surface area (TPSA) is 50.4 Å². The SMILES string of the molecule is CCNC(=O)COc1ccc(F)cc1CNC(C)(C)C. The van der Waals surface area contributed by atoms with E-state index in [1.165, 1.54) is 12.1 Å². The Labute approximate surface area is 119 Å². The fraction of sp³-hybridized carbons (Fsp3) is 0.533. The van der Waals surface area contributed by atoms with Crippen molar-refractivity contribution in [2.45, 2.75) is 39.8 Å². The van der Waals surface area contributed by atoms with E-state index in [4.69, 9.17) is 4.74 Å². The highest BCUT2D eigenvalue weighted by molar-refractivity contribution is 5.77. The summed E-state index contributed by atoms with van der Waals surface area (Å²) in [5, 5.41) is 5.92. The van der Waals surface area contributed by atoms with Crippen LogP contribution in [0, 0.1) is 5.82 Å². The van der Waals surface area contributed by atoms with Gasteiger partial charge in [0.25, 0.3) is 5.91 Å². The van der Waals surface area contributed by atoms with Gasteiger partial charge >= 0.3 is 0 Å². The van der Waals surface area contributed by atoms with Crippen LogP contribution < -0.4 is 15.4 Å². The maximum atomic E-state index is 13.3.